The van der Waals surface area contributed by atoms with Crippen molar-refractivity contribution in [2.75, 3.05) is 21.3 Å². The smallest absolute Gasteiger partial charge is 0.341 e. The van der Waals surface area contributed by atoms with Crippen molar-refractivity contribution in [3.63, 3.8) is 0 Å². The van der Waals surface area contributed by atoms with Gasteiger partial charge in [-0.3, -0.25) is 0 Å². The molecule has 0 amide bonds. The summed E-state index contributed by atoms with van der Waals surface area (Å²) in [5.41, 5.74) is 2.93. The number of hydrogen-bond donors (Lipinski definition) is 0. The molecule has 7 heteroatoms. The van der Waals surface area contributed by atoms with Crippen LogP contribution in [0.25, 0.3) is 5.57 Å². The summed E-state index contributed by atoms with van der Waals surface area (Å²) in [5, 5.41) is 7.76. The fourth-order valence-electron chi connectivity index (χ4n) is 1.83. The van der Waals surface area contributed by atoms with Crippen molar-refractivity contribution < 1.29 is 23.9 Å². The lowest BCUT2D eigenvalue weighted by Crippen LogP contribution is -2.08. The molecule has 0 atom stereocenters. The lowest BCUT2D eigenvalue weighted by Gasteiger charge is -2.11. The first-order chi connectivity index (χ1) is 11.5. The van der Waals surface area contributed by atoms with Crippen LogP contribution in [0.5, 0.6) is 0 Å². The minimum Gasteiger partial charge on any atom is -0.503 e. The molecule has 0 saturated heterocycles. The third-order valence-corrected chi connectivity index (χ3v) is 3.12. The first-order valence-electron chi connectivity index (χ1n) is 7.19. The maximum atomic E-state index is 11.9. The van der Waals surface area contributed by atoms with Crippen LogP contribution >= 0.6 is 0 Å². The zero-order valence-electron chi connectivity index (χ0n) is 14.5. The van der Waals surface area contributed by atoms with Crippen LogP contribution in [-0.4, -0.2) is 38.7 Å². The lowest BCUT2D eigenvalue weighted by molar-refractivity contribution is -0.133. The third kappa shape index (κ3) is 5.42. The van der Waals surface area contributed by atoms with Gasteiger partial charge in [0.1, 0.15) is 30.7 Å². The predicted octanol–water partition coefficient (Wildman–Crippen LogP) is 2.76. The highest BCUT2D eigenvalue weighted by molar-refractivity contribution is 6.40. The molecule has 0 aromatic heterocycles. The minimum absolute atomic E-state index is 0.172. The van der Waals surface area contributed by atoms with E-state index >= 15 is 0 Å². The van der Waals surface area contributed by atoms with Gasteiger partial charge in [-0.25, -0.2) is 4.79 Å². The van der Waals surface area contributed by atoms with Crippen molar-refractivity contribution >= 4 is 23.0 Å². The quantitative estimate of drug-likeness (QED) is 0.240. The van der Waals surface area contributed by atoms with Crippen molar-refractivity contribution in [1.82, 2.24) is 0 Å². The standard InChI is InChI=1S/C17H22N2O5/c1-12(18-23-5)13(2)19-24-10-14-8-6-7-9-15(14)16(11-21-3)17(20)22-4/h6-9,11H,10H2,1-5H3/b16-11+,18-12-,19-13-. The molecule has 1 rings (SSSR count). The second-order valence-electron chi connectivity index (χ2n) is 4.73. The van der Waals surface area contributed by atoms with Crippen LogP contribution in [0.1, 0.15) is 25.0 Å². The van der Waals surface area contributed by atoms with E-state index in [9.17, 15) is 4.79 Å². The maximum Gasteiger partial charge on any atom is 0.341 e. The number of nitrogens with zero attached hydrogens (tertiary/aromatic N) is 2. The summed E-state index contributed by atoms with van der Waals surface area (Å²) in [5.74, 6) is -0.493. The normalized spacial score (nSPS) is 12.6. The number of esters is 1. The van der Waals surface area contributed by atoms with Gasteiger partial charge in [0.25, 0.3) is 0 Å². The fraction of sp³-hybridized carbons (Fsp3) is 0.353. The van der Waals surface area contributed by atoms with Crippen LogP contribution in [0, 0.1) is 0 Å². The van der Waals surface area contributed by atoms with Crippen molar-refractivity contribution in [2.45, 2.75) is 20.5 Å². The van der Waals surface area contributed by atoms with Crippen LogP contribution in [0.15, 0.2) is 40.8 Å². The Morgan fingerprint density at radius 3 is 2.38 bits per heavy atom. The summed E-state index contributed by atoms with van der Waals surface area (Å²) in [6, 6.07) is 7.28. The number of carbonyl (C=O) groups is 1. The Morgan fingerprint density at radius 2 is 1.75 bits per heavy atom. The molecule has 0 heterocycles. The second kappa shape index (κ2) is 10.0. The van der Waals surface area contributed by atoms with Gasteiger partial charge in [-0.15, -0.1) is 0 Å². The highest BCUT2D eigenvalue weighted by atomic mass is 16.6. The monoisotopic (exact) mass is 334 g/mol. The largest absolute Gasteiger partial charge is 0.503 e. The number of carbonyl (C=O) groups excluding carboxylic acids is 1. The molecule has 130 valence electrons. The summed E-state index contributed by atoms with van der Waals surface area (Å²) >= 11 is 0. The molecule has 0 spiro atoms. The maximum absolute atomic E-state index is 11.9. The Morgan fingerprint density at radius 1 is 1.08 bits per heavy atom. The van der Waals surface area contributed by atoms with E-state index in [1.54, 1.807) is 19.9 Å². The van der Waals surface area contributed by atoms with Gasteiger partial charge in [0, 0.05) is 5.56 Å². The molecule has 0 aliphatic rings. The molecular formula is C17H22N2O5. The Labute approximate surface area is 141 Å². The van der Waals surface area contributed by atoms with E-state index in [2.05, 4.69) is 15.1 Å². The van der Waals surface area contributed by atoms with Crippen LogP contribution < -0.4 is 0 Å². The Hall–Kier alpha value is -2.83. The molecule has 0 saturated carbocycles. The van der Waals surface area contributed by atoms with E-state index in [0.29, 0.717) is 22.6 Å². The number of methoxy groups -OCH3 is 2. The molecule has 1 aromatic carbocycles. The zero-order chi connectivity index (χ0) is 17.9. The topological polar surface area (TPSA) is 78.7 Å². The molecule has 0 N–H and O–H groups in total. The van der Waals surface area contributed by atoms with Crippen molar-refractivity contribution in [1.29, 1.82) is 0 Å². The van der Waals surface area contributed by atoms with E-state index in [4.69, 9.17) is 14.3 Å². The van der Waals surface area contributed by atoms with E-state index in [0.717, 1.165) is 5.56 Å². The summed E-state index contributed by atoms with van der Waals surface area (Å²) < 4.78 is 9.77. The Balaban J connectivity index is 2.99. The summed E-state index contributed by atoms with van der Waals surface area (Å²) in [6.07, 6.45) is 1.34. The second-order valence-corrected chi connectivity index (χ2v) is 4.73. The molecule has 0 fully saturated rings. The van der Waals surface area contributed by atoms with Crippen LogP contribution in [0.3, 0.4) is 0 Å². The van der Waals surface area contributed by atoms with Gasteiger partial charge in [-0.2, -0.15) is 0 Å². The van der Waals surface area contributed by atoms with E-state index in [-0.39, 0.29) is 6.61 Å². The van der Waals surface area contributed by atoms with E-state index in [1.807, 2.05) is 18.2 Å². The predicted molar refractivity (Wildman–Crippen MR) is 91.5 cm³/mol. The van der Waals surface area contributed by atoms with Crippen LogP contribution in [-0.2, 0) is 30.6 Å². The van der Waals surface area contributed by atoms with E-state index < -0.39 is 5.97 Å². The first-order valence-corrected chi connectivity index (χ1v) is 7.19. The summed E-state index contributed by atoms with van der Waals surface area (Å²) in [7, 11) is 4.24. The zero-order valence-corrected chi connectivity index (χ0v) is 14.5. The number of oxime groups is 2. The lowest BCUT2D eigenvalue weighted by atomic mass is 10.0. The number of hydrogen-bond acceptors (Lipinski definition) is 7. The SMILES string of the molecule is CO/C=C(/C(=O)OC)c1ccccc1CO/N=C(C)\C(C)=N/OC. The molecule has 0 unspecified atom stereocenters. The highest BCUT2D eigenvalue weighted by Gasteiger charge is 2.16. The van der Waals surface area contributed by atoms with Gasteiger partial charge >= 0.3 is 5.97 Å². The van der Waals surface area contributed by atoms with Gasteiger partial charge in [0.2, 0.25) is 0 Å². The molecule has 0 aliphatic carbocycles. The molecule has 24 heavy (non-hydrogen) atoms. The Kier molecular flexibility index (Phi) is 8.04. The minimum atomic E-state index is -0.493. The number of ether oxygens (including phenoxy) is 2. The summed E-state index contributed by atoms with van der Waals surface area (Å²) in [4.78, 5) is 22.0. The van der Waals surface area contributed by atoms with Gasteiger partial charge < -0.3 is 19.1 Å². The molecule has 0 bridgehead atoms. The van der Waals surface area contributed by atoms with Crippen LogP contribution in [0.4, 0.5) is 0 Å². The fourth-order valence-corrected chi connectivity index (χ4v) is 1.83. The highest BCUT2D eigenvalue weighted by Crippen LogP contribution is 2.21. The molecule has 0 radical (unpaired) electrons. The average Bonchev–Trinajstić information content (AvgIpc) is 2.59. The summed E-state index contributed by atoms with van der Waals surface area (Å²) in [6.45, 7) is 3.69. The van der Waals surface area contributed by atoms with Gasteiger partial charge in [-0.1, -0.05) is 34.6 Å². The van der Waals surface area contributed by atoms with Crippen LogP contribution in [0.2, 0.25) is 0 Å². The Bertz CT molecular complexity index is 650. The van der Waals surface area contributed by atoms with Gasteiger partial charge in [-0.05, 0) is 19.4 Å². The molecule has 1 aromatic rings. The molecule has 7 nitrogen and oxygen atoms in total. The van der Waals surface area contributed by atoms with Gasteiger partial charge in [0.05, 0.1) is 20.5 Å². The molecular weight excluding hydrogens is 312 g/mol. The van der Waals surface area contributed by atoms with Crippen molar-refractivity contribution in [2.24, 2.45) is 10.3 Å². The van der Waals surface area contributed by atoms with E-state index in [1.165, 1.54) is 27.6 Å². The third-order valence-electron chi connectivity index (χ3n) is 3.12. The van der Waals surface area contributed by atoms with Crippen molar-refractivity contribution in [3.05, 3.63) is 41.7 Å². The number of benzene rings is 1. The average molecular weight is 334 g/mol. The van der Waals surface area contributed by atoms with Crippen molar-refractivity contribution in [3.8, 4) is 0 Å². The molecule has 0 aliphatic heterocycles. The number of rotatable bonds is 8. The van der Waals surface area contributed by atoms with Gasteiger partial charge in [0.15, 0.2) is 0 Å². The first kappa shape index (κ1) is 19.2.